The number of hydrogen-bond donors (Lipinski definition) is 1. The molecule has 1 aromatic carbocycles. The van der Waals surface area contributed by atoms with Crippen LogP contribution in [0.3, 0.4) is 0 Å². The number of likely N-dealkylation sites (tertiary alicyclic amines) is 1. The third kappa shape index (κ3) is 6.59. The van der Waals surface area contributed by atoms with Gasteiger partial charge in [0.05, 0.1) is 13.0 Å². The number of carbonyl (C=O) groups excluding carboxylic acids is 1. The van der Waals surface area contributed by atoms with Gasteiger partial charge in [0, 0.05) is 13.1 Å². The number of piperidine rings is 1. The summed E-state index contributed by atoms with van der Waals surface area (Å²) in [5.41, 5.74) is 1.25. The predicted molar refractivity (Wildman–Crippen MR) is 101 cm³/mol. The summed E-state index contributed by atoms with van der Waals surface area (Å²) < 4.78 is 10.5. The minimum Gasteiger partial charge on any atom is -0.491 e. The summed E-state index contributed by atoms with van der Waals surface area (Å²) in [5, 5.41) is 10.2. The van der Waals surface area contributed by atoms with Crippen molar-refractivity contribution in [3.05, 3.63) is 29.8 Å². The standard InChI is InChI=1S/C20H32N2O4/c1-4-21(2)13-16-5-7-19(8-6-16)26-15-18(23)14-22-11-9-17(10-12-22)20(24)25-3/h5-8,17-18,23H,4,9-15H2,1-3H3/t18-/m1/s1. The molecule has 6 nitrogen and oxygen atoms in total. The van der Waals surface area contributed by atoms with Crippen LogP contribution in [0.1, 0.15) is 25.3 Å². The third-order valence-electron chi connectivity index (χ3n) is 4.95. The zero-order chi connectivity index (χ0) is 18.9. The zero-order valence-corrected chi connectivity index (χ0v) is 16.2. The van der Waals surface area contributed by atoms with Gasteiger partial charge in [0.1, 0.15) is 18.5 Å². The smallest absolute Gasteiger partial charge is 0.308 e. The molecule has 6 heteroatoms. The molecule has 0 amide bonds. The van der Waals surface area contributed by atoms with Crippen LogP contribution < -0.4 is 4.74 Å². The highest BCUT2D eigenvalue weighted by Gasteiger charge is 2.26. The number of ether oxygens (including phenoxy) is 2. The number of β-amino-alcohol motifs (C(OH)–C–C–N with tert-alkyl or cyclic N) is 1. The quantitative estimate of drug-likeness (QED) is 0.674. The predicted octanol–water partition coefficient (Wildman–Crippen LogP) is 1.76. The second-order valence-electron chi connectivity index (χ2n) is 7.04. The van der Waals surface area contributed by atoms with Gasteiger partial charge in [-0.1, -0.05) is 19.1 Å². The molecular weight excluding hydrogens is 332 g/mol. The van der Waals surface area contributed by atoms with E-state index in [4.69, 9.17) is 9.47 Å². The van der Waals surface area contributed by atoms with Crippen molar-refractivity contribution in [3.63, 3.8) is 0 Å². The maximum Gasteiger partial charge on any atom is 0.308 e. The zero-order valence-electron chi connectivity index (χ0n) is 16.2. The molecule has 0 unspecified atom stereocenters. The molecule has 146 valence electrons. The number of hydrogen-bond acceptors (Lipinski definition) is 6. The van der Waals surface area contributed by atoms with E-state index in [1.807, 2.05) is 12.1 Å². The van der Waals surface area contributed by atoms with Gasteiger partial charge in [-0.2, -0.15) is 0 Å². The fourth-order valence-electron chi connectivity index (χ4n) is 3.18. The highest BCUT2D eigenvalue weighted by Crippen LogP contribution is 2.19. The highest BCUT2D eigenvalue weighted by molar-refractivity contribution is 5.72. The first-order chi connectivity index (χ1) is 12.5. The van der Waals surface area contributed by atoms with Crippen molar-refractivity contribution < 1.29 is 19.4 Å². The number of methoxy groups -OCH3 is 1. The lowest BCUT2D eigenvalue weighted by Gasteiger charge is -2.31. The van der Waals surface area contributed by atoms with Crippen LogP contribution in [0.4, 0.5) is 0 Å². The molecule has 1 aliphatic rings. The van der Waals surface area contributed by atoms with E-state index in [1.165, 1.54) is 12.7 Å². The molecule has 0 saturated carbocycles. The Balaban J connectivity index is 1.69. The number of aliphatic hydroxyl groups excluding tert-OH is 1. The molecule has 2 rings (SSSR count). The van der Waals surface area contributed by atoms with E-state index in [-0.39, 0.29) is 18.5 Å². The first kappa shape index (κ1) is 20.7. The number of nitrogens with zero attached hydrogens (tertiary/aromatic N) is 2. The van der Waals surface area contributed by atoms with E-state index >= 15 is 0 Å². The number of carbonyl (C=O) groups is 1. The molecule has 1 heterocycles. The Morgan fingerprint density at radius 3 is 2.54 bits per heavy atom. The lowest BCUT2D eigenvalue weighted by atomic mass is 9.97. The monoisotopic (exact) mass is 364 g/mol. The molecule has 26 heavy (non-hydrogen) atoms. The summed E-state index contributed by atoms with van der Waals surface area (Å²) in [6, 6.07) is 8.03. The molecule has 1 N–H and O–H groups in total. The van der Waals surface area contributed by atoms with Crippen molar-refractivity contribution in [3.8, 4) is 5.75 Å². The second-order valence-corrected chi connectivity index (χ2v) is 7.04. The van der Waals surface area contributed by atoms with E-state index in [9.17, 15) is 9.90 Å². The maximum absolute atomic E-state index is 11.5. The summed E-state index contributed by atoms with van der Waals surface area (Å²) >= 11 is 0. The Bertz CT molecular complexity index is 541. The van der Waals surface area contributed by atoms with Crippen molar-refractivity contribution in [2.24, 2.45) is 5.92 Å². The maximum atomic E-state index is 11.5. The van der Waals surface area contributed by atoms with Gasteiger partial charge >= 0.3 is 5.97 Å². The largest absolute Gasteiger partial charge is 0.491 e. The highest BCUT2D eigenvalue weighted by atomic mass is 16.5. The van der Waals surface area contributed by atoms with Gasteiger partial charge in [0.2, 0.25) is 0 Å². The molecule has 0 spiro atoms. The summed E-state index contributed by atoms with van der Waals surface area (Å²) in [6.45, 7) is 6.50. The van der Waals surface area contributed by atoms with Crippen LogP contribution >= 0.6 is 0 Å². The van der Waals surface area contributed by atoms with Crippen LogP contribution in [-0.4, -0.2) is 73.9 Å². The first-order valence-corrected chi connectivity index (χ1v) is 9.40. The van der Waals surface area contributed by atoms with Crippen molar-refractivity contribution in [2.45, 2.75) is 32.4 Å². The molecule has 0 aliphatic carbocycles. The van der Waals surface area contributed by atoms with Crippen LogP contribution in [0.5, 0.6) is 5.75 Å². The van der Waals surface area contributed by atoms with Gasteiger partial charge in [-0.05, 0) is 57.2 Å². The lowest BCUT2D eigenvalue weighted by Crippen LogP contribution is -2.42. The normalized spacial score (nSPS) is 17.3. The minimum atomic E-state index is -0.546. The summed E-state index contributed by atoms with van der Waals surface area (Å²) in [4.78, 5) is 16.0. The lowest BCUT2D eigenvalue weighted by molar-refractivity contribution is -0.147. The molecule has 1 aromatic rings. The number of esters is 1. The average Bonchev–Trinajstić information content (AvgIpc) is 2.67. The molecule has 0 aromatic heterocycles. The third-order valence-corrected chi connectivity index (χ3v) is 4.95. The molecular formula is C20H32N2O4. The number of rotatable bonds is 9. The summed E-state index contributed by atoms with van der Waals surface area (Å²) in [6.07, 6.45) is 1.03. The molecule has 0 bridgehead atoms. The fourth-order valence-corrected chi connectivity index (χ4v) is 3.18. The van der Waals surface area contributed by atoms with Crippen molar-refractivity contribution in [2.75, 3.05) is 46.9 Å². The summed E-state index contributed by atoms with van der Waals surface area (Å²) in [5.74, 6) is 0.647. The van der Waals surface area contributed by atoms with E-state index in [2.05, 4.69) is 35.9 Å². The van der Waals surface area contributed by atoms with E-state index in [0.717, 1.165) is 44.8 Å². The fraction of sp³-hybridized carbons (Fsp3) is 0.650. The average molecular weight is 364 g/mol. The van der Waals surface area contributed by atoms with Crippen molar-refractivity contribution in [1.29, 1.82) is 0 Å². The Kier molecular flexibility index (Phi) is 8.35. The topological polar surface area (TPSA) is 62.2 Å². The molecule has 1 atom stereocenters. The van der Waals surface area contributed by atoms with Crippen LogP contribution in [0.15, 0.2) is 24.3 Å². The Morgan fingerprint density at radius 2 is 1.96 bits per heavy atom. The minimum absolute atomic E-state index is 0.00471. The molecule has 1 saturated heterocycles. The van der Waals surface area contributed by atoms with Crippen molar-refractivity contribution >= 4 is 5.97 Å². The van der Waals surface area contributed by atoms with Gasteiger partial charge in [0.25, 0.3) is 0 Å². The second kappa shape index (κ2) is 10.5. The van der Waals surface area contributed by atoms with Crippen LogP contribution in [-0.2, 0) is 16.1 Å². The van der Waals surface area contributed by atoms with E-state index in [1.54, 1.807) is 0 Å². The molecule has 1 fully saturated rings. The molecule has 0 radical (unpaired) electrons. The van der Waals surface area contributed by atoms with E-state index in [0.29, 0.717) is 6.54 Å². The van der Waals surface area contributed by atoms with Gasteiger partial charge < -0.3 is 24.4 Å². The Hall–Kier alpha value is -1.63. The van der Waals surface area contributed by atoms with Gasteiger partial charge in [-0.15, -0.1) is 0 Å². The Labute approximate surface area is 156 Å². The first-order valence-electron chi connectivity index (χ1n) is 9.40. The van der Waals surface area contributed by atoms with Crippen LogP contribution in [0, 0.1) is 5.92 Å². The van der Waals surface area contributed by atoms with Gasteiger partial charge in [0.15, 0.2) is 0 Å². The number of aliphatic hydroxyl groups is 1. The number of benzene rings is 1. The Morgan fingerprint density at radius 1 is 1.31 bits per heavy atom. The SMILES string of the molecule is CCN(C)Cc1ccc(OC[C@H](O)CN2CCC(C(=O)OC)CC2)cc1. The van der Waals surface area contributed by atoms with Gasteiger partial charge in [-0.3, -0.25) is 4.79 Å². The molecule has 1 aliphatic heterocycles. The summed E-state index contributed by atoms with van der Waals surface area (Å²) in [7, 11) is 3.53. The van der Waals surface area contributed by atoms with Crippen LogP contribution in [0.2, 0.25) is 0 Å². The van der Waals surface area contributed by atoms with E-state index < -0.39 is 6.10 Å². The van der Waals surface area contributed by atoms with Crippen LogP contribution in [0.25, 0.3) is 0 Å². The van der Waals surface area contributed by atoms with Crippen molar-refractivity contribution in [1.82, 2.24) is 9.80 Å². The van der Waals surface area contributed by atoms with Gasteiger partial charge in [-0.25, -0.2) is 0 Å².